The quantitative estimate of drug-likeness (QED) is 0.414. The first-order chi connectivity index (χ1) is 13.8. The first-order valence-corrected chi connectivity index (χ1v) is 8.68. The van der Waals surface area contributed by atoms with Crippen LogP contribution in [0.4, 0.5) is 0 Å². The molecule has 0 amide bonds. The molecule has 5 heteroatoms. The maximum Gasteiger partial charge on any atom is 0.206 e. The van der Waals surface area contributed by atoms with Gasteiger partial charge in [-0.2, -0.15) is 15.5 Å². The zero-order chi connectivity index (χ0) is 19.1. The highest BCUT2D eigenvalue weighted by atomic mass is 14.9. The van der Waals surface area contributed by atoms with Gasteiger partial charge in [-0.25, -0.2) is 9.97 Å². The van der Waals surface area contributed by atoms with Gasteiger partial charge < -0.3 is 0 Å². The third-order valence-corrected chi connectivity index (χ3v) is 4.83. The van der Waals surface area contributed by atoms with Crippen molar-refractivity contribution in [3.8, 4) is 34.6 Å². The van der Waals surface area contributed by atoms with Crippen LogP contribution in [-0.2, 0) is 0 Å². The van der Waals surface area contributed by atoms with Crippen molar-refractivity contribution in [2.75, 3.05) is 0 Å². The van der Waals surface area contributed by atoms with Crippen LogP contribution in [0.1, 0.15) is 16.8 Å². The number of fused-ring (bicyclic) bond motifs is 4. The standard InChI is InChI=1S/C23H11N5/c24-12-14-5-7-15(8-6-14)16-9-10-19-20(11-16)28-22-18-4-2-1-3-17(18)21(26-13-25)23(22)27-19/h1-11H. The molecule has 1 heterocycles. The molecule has 0 N–H and O–H groups in total. The second kappa shape index (κ2) is 6.12. The summed E-state index contributed by atoms with van der Waals surface area (Å²) in [5, 5.41) is 18.1. The fraction of sp³-hybridized carbons (Fsp3) is 0. The lowest BCUT2D eigenvalue weighted by Crippen LogP contribution is -2.01. The highest BCUT2D eigenvalue weighted by Crippen LogP contribution is 2.36. The molecule has 5 rings (SSSR count). The predicted octanol–water partition coefficient (Wildman–Crippen LogP) is 4.47. The molecule has 1 aromatic heterocycles. The van der Waals surface area contributed by atoms with Crippen molar-refractivity contribution in [2.45, 2.75) is 0 Å². The van der Waals surface area contributed by atoms with Gasteiger partial charge in [-0.1, -0.05) is 42.5 Å². The molecule has 0 atom stereocenters. The van der Waals surface area contributed by atoms with Gasteiger partial charge in [0.05, 0.1) is 28.4 Å². The van der Waals surface area contributed by atoms with Crippen LogP contribution in [0, 0.1) is 22.8 Å². The number of hydrogen-bond acceptors (Lipinski definition) is 5. The number of benzene rings is 3. The number of hydrogen-bond donors (Lipinski definition) is 0. The Kier molecular flexibility index (Phi) is 3.47. The van der Waals surface area contributed by atoms with E-state index in [2.05, 4.69) is 11.1 Å². The topological polar surface area (TPSA) is 85.7 Å². The number of aromatic nitrogens is 2. The van der Waals surface area contributed by atoms with E-state index in [1.807, 2.05) is 60.8 Å². The van der Waals surface area contributed by atoms with E-state index in [1.54, 1.807) is 12.1 Å². The summed E-state index contributed by atoms with van der Waals surface area (Å²) in [6, 6.07) is 23.2. The van der Waals surface area contributed by atoms with Crippen LogP contribution in [0.15, 0.2) is 71.7 Å². The van der Waals surface area contributed by atoms with Gasteiger partial charge in [0.15, 0.2) is 0 Å². The third-order valence-electron chi connectivity index (χ3n) is 4.83. The summed E-state index contributed by atoms with van der Waals surface area (Å²) in [7, 11) is 0. The maximum absolute atomic E-state index is 9.09. The largest absolute Gasteiger partial charge is 0.244 e. The first-order valence-electron chi connectivity index (χ1n) is 8.68. The van der Waals surface area contributed by atoms with E-state index >= 15 is 0 Å². The van der Waals surface area contributed by atoms with Crippen LogP contribution in [-0.4, -0.2) is 15.7 Å². The van der Waals surface area contributed by atoms with E-state index < -0.39 is 0 Å². The lowest BCUT2D eigenvalue weighted by atomic mass is 10.0. The average Bonchev–Trinajstić information content (AvgIpc) is 3.05. The zero-order valence-electron chi connectivity index (χ0n) is 14.6. The summed E-state index contributed by atoms with van der Waals surface area (Å²) in [5.41, 5.74) is 7.92. The fourth-order valence-electron chi connectivity index (χ4n) is 3.51. The Balaban J connectivity index is 1.71. The summed E-state index contributed by atoms with van der Waals surface area (Å²) < 4.78 is 0. The summed E-state index contributed by atoms with van der Waals surface area (Å²) in [6.45, 7) is 0. The Bertz CT molecular complexity index is 1370. The summed E-state index contributed by atoms with van der Waals surface area (Å²) in [5.74, 6) is 0. The number of nitriles is 2. The van der Waals surface area contributed by atoms with Crippen molar-refractivity contribution in [1.29, 1.82) is 10.5 Å². The molecule has 0 unspecified atom stereocenters. The van der Waals surface area contributed by atoms with Crippen LogP contribution in [0.25, 0.3) is 33.4 Å². The highest BCUT2D eigenvalue weighted by molar-refractivity contribution is 6.23. The average molecular weight is 357 g/mol. The van der Waals surface area contributed by atoms with Crippen LogP contribution >= 0.6 is 0 Å². The minimum absolute atomic E-state index is 0.568. The van der Waals surface area contributed by atoms with E-state index in [0.29, 0.717) is 17.0 Å². The molecule has 0 saturated heterocycles. The number of aliphatic imine (C=N–C) groups is 1. The lowest BCUT2D eigenvalue weighted by molar-refractivity contribution is 1.28. The van der Waals surface area contributed by atoms with Gasteiger partial charge in [0.2, 0.25) is 6.19 Å². The third kappa shape index (κ3) is 2.35. The van der Waals surface area contributed by atoms with Gasteiger partial charge in [-0.05, 0) is 35.4 Å². The molecule has 0 radical (unpaired) electrons. The van der Waals surface area contributed by atoms with Gasteiger partial charge >= 0.3 is 0 Å². The molecule has 0 aliphatic heterocycles. The van der Waals surface area contributed by atoms with Crippen LogP contribution in [0.5, 0.6) is 0 Å². The molecule has 0 bridgehead atoms. The van der Waals surface area contributed by atoms with E-state index in [0.717, 1.165) is 39.0 Å². The fourth-order valence-corrected chi connectivity index (χ4v) is 3.51. The number of rotatable bonds is 1. The van der Waals surface area contributed by atoms with E-state index in [-0.39, 0.29) is 0 Å². The number of nitrogens with zero attached hydrogens (tertiary/aromatic N) is 5. The van der Waals surface area contributed by atoms with Crippen molar-refractivity contribution in [3.05, 3.63) is 83.6 Å². The monoisotopic (exact) mass is 357 g/mol. The van der Waals surface area contributed by atoms with Gasteiger partial charge in [-0.3, -0.25) is 0 Å². The van der Waals surface area contributed by atoms with Crippen molar-refractivity contribution < 1.29 is 0 Å². The Hall–Kier alpha value is -4.35. The first kappa shape index (κ1) is 15.9. The smallest absolute Gasteiger partial charge is 0.206 e. The highest BCUT2D eigenvalue weighted by Gasteiger charge is 2.28. The molecule has 5 nitrogen and oxygen atoms in total. The second-order valence-electron chi connectivity index (χ2n) is 6.42. The molecular weight excluding hydrogens is 346 g/mol. The van der Waals surface area contributed by atoms with Crippen molar-refractivity contribution >= 4 is 16.7 Å². The van der Waals surface area contributed by atoms with Crippen LogP contribution in [0.3, 0.4) is 0 Å². The minimum atomic E-state index is 0.568. The molecule has 1 aliphatic rings. The summed E-state index contributed by atoms with van der Waals surface area (Å²) in [6.07, 6.45) is 1.88. The minimum Gasteiger partial charge on any atom is -0.244 e. The van der Waals surface area contributed by atoms with Crippen molar-refractivity contribution in [2.24, 2.45) is 4.99 Å². The van der Waals surface area contributed by atoms with Gasteiger partial charge in [0.1, 0.15) is 11.4 Å². The van der Waals surface area contributed by atoms with Gasteiger partial charge in [0.25, 0.3) is 0 Å². The van der Waals surface area contributed by atoms with E-state index in [9.17, 15) is 0 Å². The molecule has 0 saturated carbocycles. The second-order valence-corrected chi connectivity index (χ2v) is 6.42. The maximum atomic E-state index is 9.09. The van der Waals surface area contributed by atoms with Crippen LogP contribution in [0.2, 0.25) is 0 Å². The van der Waals surface area contributed by atoms with Gasteiger partial charge in [-0.15, -0.1) is 0 Å². The Labute approximate surface area is 160 Å². The van der Waals surface area contributed by atoms with Crippen LogP contribution < -0.4 is 0 Å². The Morgan fingerprint density at radius 1 is 0.714 bits per heavy atom. The van der Waals surface area contributed by atoms with E-state index in [4.69, 9.17) is 20.5 Å². The molecule has 128 valence electrons. The zero-order valence-corrected chi connectivity index (χ0v) is 14.6. The predicted molar refractivity (Wildman–Crippen MR) is 106 cm³/mol. The van der Waals surface area contributed by atoms with Crippen molar-refractivity contribution in [1.82, 2.24) is 9.97 Å². The summed E-state index contributed by atoms with van der Waals surface area (Å²) in [4.78, 5) is 13.6. The molecule has 4 aromatic rings. The Morgan fingerprint density at radius 2 is 1.43 bits per heavy atom. The van der Waals surface area contributed by atoms with Crippen molar-refractivity contribution in [3.63, 3.8) is 0 Å². The SMILES string of the molecule is N#CN=C1c2ccccc2-c2nc3cc(-c4ccc(C#N)cc4)ccc3nc21. The molecular formula is C23H11N5. The molecule has 1 aliphatic carbocycles. The molecule has 0 spiro atoms. The molecule has 3 aromatic carbocycles. The molecule has 0 fully saturated rings. The van der Waals surface area contributed by atoms with E-state index in [1.165, 1.54) is 0 Å². The lowest BCUT2D eigenvalue weighted by Gasteiger charge is -2.06. The normalized spacial score (nSPS) is 13.0. The Morgan fingerprint density at radius 3 is 2.18 bits per heavy atom. The van der Waals surface area contributed by atoms with Gasteiger partial charge in [0, 0.05) is 11.1 Å². The summed E-state index contributed by atoms with van der Waals surface area (Å²) >= 11 is 0. The molecule has 28 heavy (non-hydrogen) atoms.